The minimum atomic E-state index is -1.21. The normalized spacial score (nSPS) is 24.6. The van der Waals surface area contributed by atoms with Gasteiger partial charge >= 0.3 is 29.8 Å². The molecule has 4 saturated carbocycles. The number of hydrogen-bond acceptors (Lipinski definition) is 23. The van der Waals surface area contributed by atoms with E-state index in [0.717, 1.165) is 25.2 Å². The first-order valence-corrected chi connectivity index (χ1v) is 30.1. The summed E-state index contributed by atoms with van der Waals surface area (Å²) < 4.78 is 90.3. The Morgan fingerprint density at radius 2 is 0.878 bits per heavy atom. The van der Waals surface area contributed by atoms with Crippen molar-refractivity contribution in [3.63, 3.8) is 0 Å². The third-order valence-corrected chi connectivity index (χ3v) is 16.9. The van der Waals surface area contributed by atoms with Gasteiger partial charge in [0.2, 0.25) is 0 Å². The summed E-state index contributed by atoms with van der Waals surface area (Å²) in [5.74, 6) is -0.704. The molecule has 0 amide bonds. The van der Waals surface area contributed by atoms with E-state index in [9.17, 15) is 29.1 Å². The van der Waals surface area contributed by atoms with Gasteiger partial charge in [-0.25, -0.2) is 0 Å². The van der Waals surface area contributed by atoms with Gasteiger partial charge in [0, 0.05) is 20.6 Å². The van der Waals surface area contributed by atoms with Crippen molar-refractivity contribution >= 4 is 29.8 Å². The zero-order valence-electron chi connectivity index (χ0n) is 50.1. The zero-order valence-corrected chi connectivity index (χ0v) is 50.1. The maximum atomic E-state index is 13.3. The van der Waals surface area contributed by atoms with Crippen LogP contribution in [0.1, 0.15) is 117 Å². The highest BCUT2D eigenvalue weighted by Gasteiger charge is 2.63. The molecule has 4 aliphatic carbocycles. The van der Waals surface area contributed by atoms with Gasteiger partial charge in [0.1, 0.15) is 13.2 Å². The summed E-state index contributed by atoms with van der Waals surface area (Å²) in [7, 11) is 3.23. The Balaban J connectivity index is 1.12. The number of aliphatic hydroxyl groups is 1. The van der Waals surface area contributed by atoms with E-state index in [0.29, 0.717) is 135 Å². The van der Waals surface area contributed by atoms with Gasteiger partial charge in [-0.2, -0.15) is 0 Å². The van der Waals surface area contributed by atoms with Crippen molar-refractivity contribution in [2.75, 3.05) is 173 Å². The predicted molar refractivity (Wildman–Crippen MR) is 294 cm³/mol. The van der Waals surface area contributed by atoms with Gasteiger partial charge in [-0.15, -0.1) is 0 Å². The second kappa shape index (κ2) is 42.6. The van der Waals surface area contributed by atoms with E-state index >= 15 is 0 Å². The summed E-state index contributed by atoms with van der Waals surface area (Å²) in [4.78, 5) is 63.9. The van der Waals surface area contributed by atoms with Crippen LogP contribution in [-0.4, -0.2) is 220 Å². The van der Waals surface area contributed by atoms with Crippen LogP contribution in [-0.2, 0) is 104 Å². The number of fused-ring (bicyclic) bond motifs is 5. The van der Waals surface area contributed by atoms with Crippen LogP contribution >= 0.6 is 0 Å². The number of hydrogen-bond donors (Lipinski definition) is 1. The Morgan fingerprint density at radius 1 is 0.463 bits per heavy atom. The van der Waals surface area contributed by atoms with Crippen LogP contribution in [0.15, 0.2) is 0 Å². The lowest BCUT2D eigenvalue weighted by molar-refractivity contribution is -0.170. The summed E-state index contributed by atoms with van der Waals surface area (Å²) in [5.41, 5.74) is 0.0935. The average molecular weight is 1180 g/mol. The van der Waals surface area contributed by atoms with Gasteiger partial charge in [-0.3, -0.25) is 24.0 Å². The maximum absolute atomic E-state index is 13.3. The number of carbonyl (C=O) groups excluding carboxylic acids is 5. The first kappa shape index (κ1) is 71.3. The number of methoxy groups -OCH3 is 2. The molecule has 23 nitrogen and oxygen atoms in total. The van der Waals surface area contributed by atoms with Crippen LogP contribution in [0.3, 0.4) is 0 Å². The number of carbonyl (C=O) groups is 5. The lowest BCUT2D eigenvalue weighted by Crippen LogP contribution is -2.58. The van der Waals surface area contributed by atoms with E-state index in [-0.39, 0.29) is 95.5 Å². The van der Waals surface area contributed by atoms with Crippen molar-refractivity contribution in [2.45, 2.75) is 129 Å². The monoisotopic (exact) mass is 1180 g/mol. The second-order valence-electron chi connectivity index (χ2n) is 22.2. The van der Waals surface area contributed by atoms with E-state index in [4.69, 9.17) is 80.5 Å². The van der Waals surface area contributed by atoms with Crippen molar-refractivity contribution in [3.8, 4) is 0 Å². The molecular formula is C59H102O23. The number of ether oxygens (including phenoxy) is 17. The molecule has 23 heteroatoms. The molecule has 0 saturated heterocycles. The van der Waals surface area contributed by atoms with E-state index in [1.54, 1.807) is 14.2 Å². The molecule has 0 bridgehead atoms. The SMILES string of the molecule is COCCOCCOCCOCCOCCOCOC(=O)CCC(=O)OCC(COC(=O)CCC(C)C1CCC2C3CCC4CCCCC4(C)C3C[C@H](O)C12C)OC(=O)CCC(=O)OCOCCOCCOCCOCCOCCOC. The van der Waals surface area contributed by atoms with Crippen LogP contribution in [0.25, 0.3) is 0 Å². The minimum Gasteiger partial charge on any atom is -0.462 e. The van der Waals surface area contributed by atoms with E-state index in [1.807, 2.05) is 0 Å². The molecule has 0 aromatic heterocycles. The van der Waals surface area contributed by atoms with Gasteiger partial charge in [-0.1, -0.05) is 33.6 Å². The highest BCUT2D eigenvalue weighted by atomic mass is 16.7. The molecule has 0 aliphatic heterocycles. The quantitative estimate of drug-likeness (QED) is 0.0344. The molecule has 9 unspecified atom stereocenters. The summed E-state index contributed by atoms with van der Waals surface area (Å²) in [5, 5.41) is 12.0. The first-order valence-electron chi connectivity index (χ1n) is 30.1. The molecule has 0 radical (unpaired) electrons. The van der Waals surface area contributed by atoms with Crippen LogP contribution in [0.4, 0.5) is 0 Å². The van der Waals surface area contributed by atoms with E-state index in [2.05, 4.69) is 20.8 Å². The fourth-order valence-corrected chi connectivity index (χ4v) is 12.6. The Labute approximate surface area is 486 Å². The summed E-state index contributed by atoms with van der Waals surface area (Å²) >= 11 is 0. The fraction of sp³-hybridized carbons (Fsp3) is 0.915. The summed E-state index contributed by atoms with van der Waals surface area (Å²) in [6.07, 6.45) is 8.40. The van der Waals surface area contributed by atoms with E-state index in [1.165, 1.54) is 38.5 Å². The third-order valence-electron chi connectivity index (χ3n) is 16.9. The Morgan fingerprint density at radius 3 is 1.34 bits per heavy atom. The maximum Gasteiger partial charge on any atom is 0.308 e. The summed E-state index contributed by atoms with van der Waals surface area (Å²) in [6, 6.07) is 0. The molecule has 4 fully saturated rings. The Bertz CT molecular complexity index is 1740. The van der Waals surface area contributed by atoms with Crippen LogP contribution < -0.4 is 0 Å². The van der Waals surface area contributed by atoms with Gasteiger partial charge < -0.3 is 85.6 Å². The van der Waals surface area contributed by atoms with Crippen LogP contribution in [0.5, 0.6) is 0 Å². The number of esters is 5. The van der Waals surface area contributed by atoms with Crippen molar-refractivity contribution in [2.24, 2.45) is 46.3 Å². The molecule has 1 N–H and O–H groups in total. The standard InChI is InChI=1S/C59H102O23/c1-45(49-12-13-50-48-11-10-46-8-6-7-19-58(46,2)51(48)40-52(60)59(49,50)3)9-14-53(61)78-41-47(82-57(65)18-17-56(64)81-44-77-39-37-75-35-33-73-31-29-71-27-25-69-23-21-67-5)42-79-54(62)15-16-55(63)80-43-76-38-36-74-34-32-72-30-28-70-26-24-68-22-20-66-4/h45-52,60H,6-44H2,1-5H3/t45?,46?,47?,48?,49?,50?,51?,52-,58?,59?/m0/s1. The molecule has 4 aliphatic rings. The molecule has 0 aromatic carbocycles. The van der Waals surface area contributed by atoms with Gasteiger partial charge in [0.05, 0.1) is 164 Å². The molecule has 10 atom stereocenters. The van der Waals surface area contributed by atoms with Crippen molar-refractivity contribution in [1.29, 1.82) is 0 Å². The number of rotatable bonds is 49. The first-order chi connectivity index (χ1) is 39.8. The van der Waals surface area contributed by atoms with Crippen molar-refractivity contribution in [3.05, 3.63) is 0 Å². The molecular weight excluding hydrogens is 1080 g/mol. The molecule has 0 heterocycles. The smallest absolute Gasteiger partial charge is 0.308 e. The van der Waals surface area contributed by atoms with Crippen molar-refractivity contribution < 1.29 is 110 Å². The lowest BCUT2D eigenvalue weighted by atomic mass is 9.44. The fourth-order valence-electron chi connectivity index (χ4n) is 12.6. The lowest BCUT2D eigenvalue weighted by Gasteiger charge is -2.62. The highest BCUT2D eigenvalue weighted by molar-refractivity contribution is 5.78. The molecule has 0 aromatic rings. The minimum absolute atomic E-state index is 0.108. The molecule has 82 heavy (non-hydrogen) atoms. The predicted octanol–water partition coefficient (Wildman–Crippen LogP) is 5.44. The number of aliphatic hydroxyl groups excluding tert-OH is 1. The molecule has 4 rings (SSSR count). The average Bonchev–Trinajstić information content (AvgIpc) is 3.15. The second-order valence-corrected chi connectivity index (χ2v) is 22.2. The Hall–Kier alpha value is -3.17. The zero-order chi connectivity index (χ0) is 59.1. The van der Waals surface area contributed by atoms with E-state index < -0.39 is 49.2 Å². The van der Waals surface area contributed by atoms with Crippen LogP contribution in [0, 0.1) is 46.3 Å². The Kier molecular flexibility index (Phi) is 37.1. The molecule has 476 valence electrons. The third kappa shape index (κ3) is 27.0. The highest BCUT2D eigenvalue weighted by Crippen LogP contribution is 2.68. The van der Waals surface area contributed by atoms with Gasteiger partial charge in [0.15, 0.2) is 19.7 Å². The van der Waals surface area contributed by atoms with Crippen molar-refractivity contribution in [1.82, 2.24) is 0 Å². The summed E-state index contributed by atoms with van der Waals surface area (Å²) in [6.45, 7) is 13.3. The van der Waals surface area contributed by atoms with Gasteiger partial charge in [0.25, 0.3) is 0 Å². The largest absolute Gasteiger partial charge is 0.462 e. The molecule has 0 spiro atoms. The van der Waals surface area contributed by atoms with Gasteiger partial charge in [-0.05, 0) is 97.7 Å². The van der Waals surface area contributed by atoms with Crippen LogP contribution in [0.2, 0.25) is 0 Å². The topological polar surface area (TPSA) is 262 Å².